The van der Waals surface area contributed by atoms with Gasteiger partial charge in [-0.15, -0.1) is 0 Å². The molecule has 1 aliphatic heterocycles. The third-order valence-electron chi connectivity index (χ3n) is 8.51. The summed E-state index contributed by atoms with van der Waals surface area (Å²) in [4.78, 5) is 44.7. The number of nitrogens with zero attached hydrogens (tertiary/aromatic N) is 3. The van der Waals surface area contributed by atoms with E-state index in [4.69, 9.17) is 37.4 Å². The van der Waals surface area contributed by atoms with Gasteiger partial charge in [-0.3, -0.25) is 19.4 Å². The molecule has 0 saturated carbocycles. The predicted molar refractivity (Wildman–Crippen MR) is 193 cm³/mol. The molecule has 1 amide bonds. The number of aryl methyl sites for hydroxylation is 1. The van der Waals surface area contributed by atoms with Crippen LogP contribution in [0.2, 0.25) is 10.0 Å². The Labute approximate surface area is 296 Å². The van der Waals surface area contributed by atoms with Gasteiger partial charge < -0.3 is 19.1 Å². The van der Waals surface area contributed by atoms with Gasteiger partial charge in [-0.1, -0.05) is 80.8 Å². The molecule has 1 atom stereocenters. The van der Waals surface area contributed by atoms with Crippen LogP contribution in [0.25, 0.3) is 0 Å². The SMILES string of the molecule is CCCCCCCCCC(=O)OC(C(=O)OCC)N(C(C)=O)c1cc(OCCCCN2CCN(c3cccc(Cl)c3Cl)CC2)ccc1C. The number of rotatable bonds is 20. The molecular weight excluding hydrogens is 653 g/mol. The summed E-state index contributed by atoms with van der Waals surface area (Å²) >= 11 is 12.6. The number of esters is 2. The maximum absolute atomic E-state index is 13.0. The summed E-state index contributed by atoms with van der Waals surface area (Å²) in [6.45, 7) is 12.2. The third kappa shape index (κ3) is 12.5. The molecular formula is C37H53Cl2N3O6. The molecule has 1 aliphatic rings. The number of amides is 1. The topological polar surface area (TPSA) is 88.6 Å². The number of carbonyl (C=O) groups is 3. The summed E-state index contributed by atoms with van der Waals surface area (Å²) in [7, 11) is 0. The van der Waals surface area contributed by atoms with E-state index in [9.17, 15) is 14.4 Å². The third-order valence-corrected chi connectivity index (χ3v) is 9.32. The zero-order valence-electron chi connectivity index (χ0n) is 29.1. The number of halogens is 2. The Balaban J connectivity index is 1.52. The van der Waals surface area contributed by atoms with E-state index in [0.29, 0.717) is 34.5 Å². The Morgan fingerprint density at radius 2 is 1.60 bits per heavy atom. The number of ether oxygens (including phenoxy) is 3. The maximum Gasteiger partial charge on any atom is 0.369 e. The van der Waals surface area contributed by atoms with Crippen molar-refractivity contribution in [3.05, 3.63) is 52.0 Å². The fourth-order valence-corrected chi connectivity index (χ4v) is 6.22. The van der Waals surface area contributed by atoms with Crippen LogP contribution in [0.4, 0.5) is 11.4 Å². The van der Waals surface area contributed by atoms with E-state index in [-0.39, 0.29) is 13.0 Å². The van der Waals surface area contributed by atoms with Crippen LogP contribution in [-0.2, 0) is 23.9 Å². The highest BCUT2D eigenvalue weighted by atomic mass is 35.5. The lowest BCUT2D eigenvalue weighted by atomic mass is 10.1. The second-order valence-electron chi connectivity index (χ2n) is 12.3. The van der Waals surface area contributed by atoms with Crippen LogP contribution in [0, 0.1) is 6.92 Å². The van der Waals surface area contributed by atoms with Gasteiger partial charge in [0.1, 0.15) is 5.75 Å². The minimum Gasteiger partial charge on any atom is -0.494 e. The molecule has 1 unspecified atom stereocenters. The van der Waals surface area contributed by atoms with Crippen molar-refractivity contribution in [3.8, 4) is 5.75 Å². The Kier molecular flexibility index (Phi) is 17.4. The fourth-order valence-electron chi connectivity index (χ4n) is 5.81. The van der Waals surface area contributed by atoms with Crippen molar-refractivity contribution in [1.82, 2.24) is 4.90 Å². The molecule has 3 rings (SSSR count). The molecule has 11 heteroatoms. The van der Waals surface area contributed by atoms with Gasteiger partial charge in [0.2, 0.25) is 5.91 Å². The van der Waals surface area contributed by atoms with Crippen LogP contribution >= 0.6 is 23.2 Å². The lowest BCUT2D eigenvalue weighted by Crippen LogP contribution is -2.48. The van der Waals surface area contributed by atoms with Gasteiger partial charge in [-0.05, 0) is 63.4 Å². The molecule has 9 nitrogen and oxygen atoms in total. The summed E-state index contributed by atoms with van der Waals surface area (Å²) in [5, 5.41) is 1.18. The molecule has 1 fully saturated rings. The molecule has 0 aromatic heterocycles. The maximum atomic E-state index is 13.0. The molecule has 0 aliphatic carbocycles. The fraction of sp³-hybridized carbons (Fsp3) is 0.595. The first-order valence-electron chi connectivity index (χ1n) is 17.5. The van der Waals surface area contributed by atoms with Crippen LogP contribution in [-0.4, -0.2) is 74.9 Å². The number of hydrogen-bond acceptors (Lipinski definition) is 8. The lowest BCUT2D eigenvalue weighted by Gasteiger charge is -2.36. The molecule has 0 spiro atoms. The van der Waals surface area contributed by atoms with Crippen molar-refractivity contribution in [1.29, 1.82) is 0 Å². The van der Waals surface area contributed by atoms with Crippen molar-refractivity contribution in [2.24, 2.45) is 0 Å². The van der Waals surface area contributed by atoms with E-state index in [1.807, 2.05) is 31.2 Å². The summed E-state index contributed by atoms with van der Waals surface area (Å²) in [6, 6.07) is 11.1. The zero-order valence-corrected chi connectivity index (χ0v) is 30.6. The average molecular weight is 707 g/mol. The zero-order chi connectivity index (χ0) is 34.9. The van der Waals surface area contributed by atoms with Crippen LogP contribution < -0.4 is 14.5 Å². The minimum atomic E-state index is -1.52. The molecule has 2 aromatic carbocycles. The highest BCUT2D eigenvalue weighted by Gasteiger charge is 2.35. The Morgan fingerprint density at radius 3 is 2.29 bits per heavy atom. The average Bonchev–Trinajstić information content (AvgIpc) is 3.06. The van der Waals surface area contributed by atoms with Crippen molar-refractivity contribution in [2.45, 2.75) is 98.1 Å². The van der Waals surface area contributed by atoms with Gasteiger partial charge >= 0.3 is 11.9 Å². The summed E-state index contributed by atoms with van der Waals surface area (Å²) < 4.78 is 16.9. The van der Waals surface area contributed by atoms with Crippen molar-refractivity contribution in [3.63, 3.8) is 0 Å². The Morgan fingerprint density at radius 1 is 0.896 bits per heavy atom. The van der Waals surface area contributed by atoms with Gasteiger partial charge in [0.15, 0.2) is 0 Å². The number of hydrogen-bond donors (Lipinski definition) is 0. The summed E-state index contributed by atoms with van der Waals surface area (Å²) in [6.07, 6.45) is 7.83. The smallest absolute Gasteiger partial charge is 0.369 e. The molecule has 266 valence electrons. The summed E-state index contributed by atoms with van der Waals surface area (Å²) in [5.74, 6) is -1.21. The number of carbonyl (C=O) groups excluding carboxylic acids is 3. The van der Waals surface area contributed by atoms with E-state index in [1.54, 1.807) is 19.1 Å². The highest BCUT2D eigenvalue weighted by Crippen LogP contribution is 2.33. The van der Waals surface area contributed by atoms with E-state index < -0.39 is 24.1 Å². The van der Waals surface area contributed by atoms with Gasteiger partial charge in [0.05, 0.1) is 34.6 Å². The van der Waals surface area contributed by atoms with E-state index >= 15 is 0 Å². The monoisotopic (exact) mass is 705 g/mol. The number of anilines is 2. The normalized spacial score (nSPS) is 14.0. The van der Waals surface area contributed by atoms with Crippen molar-refractivity contribution < 1.29 is 28.6 Å². The number of benzene rings is 2. The predicted octanol–water partition coefficient (Wildman–Crippen LogP) is 8.21. The van der Waals surface area contributed by atoms with Crippen LogP contribution in [0.3, 0.4) is 0 Å². The van der Waals surface area contributed by atoms with E-state index in [1.165, 1.54) is 31.1 Å². The van der Waals surface area contributed by atoms with Crippen LogP contribution in [0.5, 0.6) is 5.75 Å². The molecule has 2 aromatic rings. The minimum absolute atomic E-state index is 0.0878. The first-order chi connectivity index (χ1) is 23.2. The van der Waals surface area contributed by atoms with Crippen molar-refractivity contribution >= 4 is 52.4 Å². The second kappa shape index (κ2) is 21.2. The van der Waals surface area contributed by atoms with E-state index in [2.05, 4.69) is 16.7 Å². The molecule has 0 N–H and O–H groups in total. The molecule has 0 bridgehead atoms. The molecule has 0 radical (unpaired) electrons. The second-order valence-corrected chi connectivity index (χ2v) is 13.0. The van der Waals surface area contributed by atoms with Crippen LogP contribution in [0.1, 0.15) is 90.5 Å². The number of piperazine rings is 1. The molecule has 48 heavy (non-hydrogen) atoms. The highest BCUT2D eigenvalue weighted by molar-refractivity contribution is 6.43. The quantitative estimate of drug-likeness (QED) is 0.0774. The van der Waals surface area contributed by atoms with Crippen LogP contribution in [0.15, 0.2) is 36.4 Å². The van der Waals surface area contributed by atoms with Crippen molar-refractivity contribution in [2.75, 3.05) is 55.7 Å². The molecule has 1 heterocycles. The largest absolute Gasteiger partial charge is 0.494 e. The van der Waals surface area contributed by atoms with E-state index in [0.717, 1.165) is 76.1 Å². The lowest BCUT2D eigenvalue weighted by molar-refractivity contribution is -0.168. The summed E-state index contributed by atoms with van der Waals surface area (Å²) in [5.41, 5.74) is 2.14. The Hall–Kier alpha value is -3.01. The number of unbranched alkanes of at least 4 members (excludes halogenated alkanes) is 7. The molecule has 1 saturated heterocycles. The Bertz CT molecular complexity index is 1320. The van der Waals surface area contributed by atoms with Gasteiger partial charge in [-0.2, -0.15) is 0 Å². The van der Waals surface area contributed by atoms with Gasteiger partial charge in [-0.25, -0.2) is 4.79 Å². The first-order valence-corrected chi connectivity index (χ1v) is 18.2. The van der Waals surface area contributed by atoms with Gasteiger partial charge in [0.25, 0.3) is 6.23 Å². The van der Waals surface area contributed by atoms with Gasteiger partial charge in [0, 0.05) is 45.6 Å². The standard InChI is InChI=1S/C37H53Cl2N3O6/c1-5-7-8-9-10-11-12-18-34(44)48-36(37(45)46-6-2)42(29(4)43)33-27-30(20-19-28(33)3)47-26-14-13-21-40-22-24-41(25-23-40)32-17-15-16-31(38)35(32)39/h15-17,19-20,27,36H,5-14,18,21-26H2,1-4H3. The first kappa shape index (κ1) is 39.4.